The molecule has 0 N–H and O–H groups in total. The normalized spacial score (nSPS) is 12.6. The number of hydrogen-bond donors (Lipinski definition) is 0. The number of esters is 3. The molecule has 0 spiro atoms. The van der Waals surface area contributed by atoms with Gasteiger partial charge in [-0.15, -0.1) is 0 Å². The molecule has 0 aromatic heterocycles. The second kappa shape index (κ2) is 42.8. The van der Waals surface area contributed by atoms with E-state index in [9.17, 15) is 14.4 Å². The van der Waals surface area contributed by atoms with Crippen molar-refractivity contribution in [2.45, 2.75) is 213 Å². The summed E-state index contributed by atoms with van der Waals surface area (Å²) in [5.41, 5.74) is 0. The molecule has 0 bridgehead atoms. The maximum absolute atomic E-state index is 12.6. The van der Waals surface area contributed by atoms with Gasteiger partial charge in [0.25, 0.3) is 0 Å². The lowest BCUT2D eigenvalue weighted by Gasteiger charge is -2.18. The first-order chi connectivity index (χ1) is 26.5. The minimum absolute atomic E-state index is 0.0825. The van der Waals surface area contributed by atoms with Gasteiger partial charge in [-0.3, -0.25) is 14.4 Å². The van der Waals surface area contributed by atoms with Gasteiger partial charge in [-0.05, 0) is 77.0 Å². The van der Waals surface area contributed by atoms with E-state index in [0.29, 0.717) is 19.3 Å². The summed E-state index contributed by atoms with van der Waals surface area (Å²) in [4.78, 5) is 37.5. The Morgan fingerprint density at radius 1 is 0.389 bits per heavy atom. The van der Waals surface area contributed by atoms with Crippen LogP contribution in [-0.4, -0.2) is 37.2 Å². The van der Waals surface area contributed by atoms with E-state index in [2.05, 4.69) is 81.5 Å². The van der Waals surface area contributed by atoms with Gasteiger partial charge in [0.05, 0.1) is 0 Å². The third kappa shape index (κ3) is 40.3. The smallest absolute Gasteiger partial charge is 0.306 e. The first kappa shape index (κ1) is 51.1. The average Bonchev–Trinajstić information content (AvgIpc) is 3.17. The first-order valence-electron chi connectivity index (χ1n) is 22.3. The second-order valence-corrected chi connectivity index (χ2v) is 14.6. The molecule has 0 aliphatic heterocycles. The Balaban J connectivity index is 4.28. The Labute approximate surface area is 332 Å². The van der Waals surface area contributed by atoms with Crippen molar-refractivity contribution in [1.82, 2.24) is 0 Å². The number of unbranched alkanes of at least 4 members (excludes halogenated alkanes) is 18. The van der Waals surface area contributed by atoms with E-state index in [4.69, 9.17) is 14.2 Å². The zero-order valence-corrected chi connectivity index (χ0v) is 35.2. The summed E-state index contributed by atoms with van der Waals surface area (Å²) < 4.78 is 16.6. The fraction of sp³-hybridized carbons (Fsp3) is 0.729. The zero-order valence-electron chi connectivity index (χ0n) is 35.2. The topological polar surface area (TPSA) is 78.9 Å². The monoisotopic (exact) mass is 755 g/mol. The molecule has 1 unspecified atom stereocenters. The number of carbonyl (C=O) groups excluding carboxylic acids is 3. The SMILES string of the molecule is CC/C=C\C/C=C\C/C=C\C/C=C\CCCCCCCCC(=O)OCC(COC(=O)CCCCCCCCC)OC(=O)CCCCCCC/C=C\CCC. The van der Waals surface area contributed by atoms with Gasteiger partial charge in [-0.1, -0.05) is 171 Å². The first-order valence-corrected chi connectivity index (χ1v) is 22.3. The summed E-state index contributed by atoms with van der Waals surface area (Å²) in [7, 11) is 0. The van der Waals surface area contributed by atoms with Crippen molar-refractivity contribution >= 4 is 17.9 Å². The Bertz CT molecular complexity index is 1010. The van der Waals surface area contributed by atoms with Crippen molar-refractivity contribution in [1.29, 1.82) is 0 Å². The van der Waals surface area contributed by atoms with Gasteiger partial charge in [0.1, 0.15) is 13.2 Å². The molecule has 6 nitrogen and oxygen atoms in total. The molecule has 54 heavy (non-hydrogen) atoms. The second-order valence-electron chi connectivity index (χ2n) is 14.6. The standard InChI is InChI=1S/C48H82O6/c1-4-7-10-13-16-18-20-21-22-23-24-25-26-27-28-30-32-35-38-41-47(50)53-44-45(43-52-46(49)40-37-34-31-15-12-9-6-3)54-48(51)42-39-36-33-29-19-17-14-11-8-5-2/h7,10-11,14,16,18,21-22,24-25,45H,4-6,8-9,12-13,15,17,19-20,23,26-44H2,1-3H3/b10-7-,14-11-,18-16-,22-21-,25-24-. The van der Waals surface area contributed by atoms with Crippen LogP contribution in [0.15, 0.2) is 60.8 Å². The van der Waals surface area contributed by atoms with Crippen LogP contribution in [0.1, 0.15) is 207 Å². The molecule has 0 radical (unpaired) electrons. The van der Waals surface area contributed by atoms with Crippen LogP contribution in [0.5, 0.6) is 0 Å². The van der Waals surface area contributed by atoms with Crippen LogP contribution in [0.4, 0.5) is 0 Å². The average molecular weight is 755 g/mol. The number of allylic oxidation sites excluding steroid dienone is 10. The molecule has 0 rings (SSSR count). The summed E-state index contributed by atoms with van der Waals surface area (Å²) in [6, 6.07) is 0. The van der Waals surface area contributed by atoms with Crippen molar-refractivity contribution in [2.24, 2.45) is 0 Å². The highest BCUT2D eigenvalue weighted by Gasteiger charge is 2.19. The highest BCUT2D eigenvalue weighted by Crippen LogP contribution is 2.13. The number of carbonyl (C=O) groups is 3. The third-order valence-electron chi connectivity index (χ3n) is 9.24. The molecule has 0 saturated heterocycles. The molecule has 6 heteroatoms. The van der Waals surface area contributed by atoms with Gasteiger partial charge in [0, 0.05) is 19.3 Å². The molecule has 0 fully saturated rings. The van der Waals surface area contributed by atoms with Crippen molar-refractivity contribution in [2.75, 3.05) is 13.2 Å². The Kier molecular flexibility index (Phi) is 40.6. The van der Waals surface area contributed by atoms with E-state index in [-0.39, 0.29) is 31.1 Å². The summed E-state index contributed by atoms with van der Waals surface area (Å²) in [6.45, 7) is 6.38. The van der Waals surface area contributed by atoms with Crippen molar-refractivity contribution < 1.29 is 28.6 Å². The number of hydrogen-bond acceptors (Lipinski definition) is 6. The summed E-state index contributed by atoms with van der Waals surface area (Å²) in [5, 5.41) is 0. The molecule has 0 amide bonds. The van der Waals surface area contributed by atoms with Crippen LogP contribution in [0.25, 0.3) is 0 Å². The Hall–Kier alpha value is -2.89. The van der Waals surface area contributed by atoms with Crippen LogP contribution < -0.4 is 0 Å². The van der Waals surface area contributed by atoms with E-state index in [0.717, 1.165) is 109 Å². The predicted octanol–water partition coefficient (Wildman–Crippen LogP) is 14.1. The quantitative estimate of drug-likeness (QED) is 0.0269. The number of ether oxygens (including phenoxy) is 3. The van der Waals surface area contributed by atoms with E-state index < -0.39 is 6.10 Å². The van der Waals surface area contributed by atoms with Crippen LogP contribution in [0.3, 0.4) is 0 Å². The maximum atomic E-state index is 12.6. The molecule has 310 valence electrons. The fourth-order valence-corrected chi connectivity index (χ4v) is 5.90. The lowest BCUT2D eigenvalue weighted by molar-refractivity contribution is -0.167. The van der Waals surface area contributed by atoms with Gasteiger partial charge in [-0.25, -0.2) is 0 Å². The van der Waals surface area contributed by atoms with E-state index in [1.165, 1.54) is 57.8 Å². The molecule has 0 saturated carbocycles. The highest BCUT2D eigenvalue weighted by atomic mass is 16.6. The van der Waals surface area contributed by atoms with Crippen LogP contribution in [-0.2, 0) is 28.6 Å². The van der Waals surface area contributed by atoms with Crippen molar-refractivity contribution in [3.8, 4) is 0 Å². The molecule has 0 aliphatic rings. The van der Waals surface area contributed by atoms with Crippen molar-refractivity contribution in [3.63, 3.8) is 0 Å². The van der Waals surface area contributed by atoms with Gasteiger partial charge >= 0.3 is 17.9 Å². The molecule has 0 heterocycles. The Morgan fingerprint density at radius 3 is 1.22 bits per heavy atom. The largest absolute Gasteiger partial charge is 0.462 e. The third-order valence-corrected chi connectivity index (χ3v) is 9.24. The molecular formula is C48H82O6. The lowest BCUT2D eigenvalue weighted by atomic mass is 10.1. The fourth-order valence-electron chi connectivity index (χ4n) is 5.90. The zero-order chi connectivity index (χ0) is 39.4. The van der Waals surface area contributed by atoms with E-state index in [1.54, 1.807) is 0 Å². The molecular weight excluding hydrogens is 673 g/mol. The molecule has 0 aromatic carbocycles. The van der Waals surface area contributed by atoms with Gasteiger partial charge in [0.15, 0.2) is 6.10 Å². The predicted molar refractivity (Wildman–Crippen MR) is 228 cm³/mol. The summed E-state index contributed by atoms with van der Waals surface area (Å²) in [5.74, 6) is -0.920. The summed E-state index contributed by atoms with van der Waals surface area (Å²) in [6.07, 6.45) is 50.7. The minimum Gasteiger partial charge on any atom is -0.462 e. The molecule has 0 aromatic rings. The van der Waals surface area contributed by atoms with E-state index >= 15 is 0 Å². The van der Waals surface area contributed by atoms with Crippen LogP contribution in [0.2, 0.25) is 0 Å². The van der Waals surface area contributed by atoms with E-state index in [1.807, 2.05) is 0 Å². The van der Waals surface area contributed by atoms with Gasteiger partial charge in [0.2, 0.25) is 0 Å². The Morgan fingerprint density at radius 2 is 0.759 bits per heavy atom. The molecule has 1 atom stereocenters. The highest BCUT2D eigenvalue weighted by molar-refractivity contribution is 5.71. The number of rotatable bonds is 39. The van der Waals surface area contributed by atoms with Crippen LogP contribution >= 0.6 is 0 Å². The molecule has 0 aliphatic carbocycles. The van der Waals surface area contributed by atoms with Gasteiger partial charge < -0.3 is 14.2 Å². The summed E-state index contributed by atoms with van der Waals surface area (Å²) >= 11 is 0. The van der Waals surface area contributed by atoms with Gasteiger partial charge in [-0.2, -0.15) is 0 Å². The minimum atomic E-state index is -0.778. The lowest BCUT2D eigenvalue weighted by Crippen LogP contribution is -2.30. The van der Waals surface area contributed by atoms with Crippen LogP contribution in [0, 0.1) is 0 Å². The van der Waals surface area contributed by atoms with Crippen molar-refractivity contribution in [3.05, 3.63) is 60.8 Å². The maximum Gasteiger partial charge on any atom is 0.306 e.